The Labute approximate surface area is 162 Å². The number of ether oxygens (including phenoxy) is 1. The van der Waals surface area contributed by atoms with Crippen LogP contribution in [0.4, 0.5) is 0 Å². The molecule has 0 aromatic heterocycles. The first kappa shape index (κ1) is 20.9. The van der Waals surface area contributed by atoms with E-state index >= 15 is 0 Å². The van der Waals surface area contributed by atoms with Crippen LogP contribution in [-0.4, -0.2) is 23.5 Å². The minimum Gasteiger partial charge on any atom is -0.458 e. The van der Waals surface area contributed by atoms with Gasteiger partial charge in [-0.15, -0.1) is 0 Å². The summed E-state index contributed by atoms with van der Waals surface area (Å²) in [6, 6.07) is 13.5. The summed E-state index contributed by atoms with van der Waals surface area (Å²) in [5.41, 5.74) is 0.398. The summed E-state index contributed by atoms with van der Waals surface area (Å²) in [6.45, 7) is 9.65. The van der Waals surface area contributed by atoms with Crippen LogP contribution in [0.25, 0.3) is 10.8 Å². The van der Waals surface area contributed by atoms with Gasteiger partial charge < -0.3 is 10.1 Å². The zero-order chi connectivity index (χ0) is 20.0. The zero-order valence-corrected chi connectivity index (χ0v) is 17.0. The van der Waals surface area contributed by atoms with Crippen LogP contribution < -0.4 is 5.32 Å². The molecule has 2 aromatic rings. The molecule has 1 N–H and O–H groups in total. The van der Waals surface area contributed by atoms with Gasteiger partial charge >= 0.3 is 5.97 Å². The predicted molar refractivity (Wildman–Crippen MR) is 109 cm³/mol. The average molecular weight is 370 g/mol. The molecule has 0 heterocycles. The first-order valence-corrected chi connectivity index (χ1v) is 9.64. The van der Waals surface area contributed by atoms with Crippen LogP contribution in [0.3, 0.4) is 0 Å². The highest BCUT2D eigenvalue weighted by atomic mass is 16.6. The molecular formula is C23H31NO3. The lowest BCUT2D eigenvalue weighted by atomic mass is 10.0. The number of carbonyl (C=O) groups excluding carboxylic acids is 2. The fraction of sp³-hybridized carbons (Fsp3) is 0.478. The van der Waals surface area contributed by atoms with E-state index in [1.807, 2.05) is 51.1 Å². The number of esters is 1. The van der Waals surface area contributed by atoms with E-state index in [0.29, 0.717) is 18.8 Å². The highest BCUT2D eigenvalue weighted by Gasteiger charge is 2.27. The van der Waals surface area contributed by atoms with Gasteiger partial charge in [-0.25, -0.2) is 4.79 Å². The number of nitrogens with one attached hydrogen (secondary N) is 1. The third kappa shape index (κ3) is 7.05. The van der Waals surface area contributed by atoms with Gasteiger partial charge in [0.05, 0.1) is 0 Å². The van der Waals surface area contributed by atoms with Crippen molar-refractivity contribution in [3.8, 4) is 0 Å². The Morgan fingerprint density at radius 3 is 2.33 bits per heavy atom. The van der Waals surface area contributed by atoms with Crippen LogP contribution in [0.15, 0.2) is 42.5 Å². The topological polar surface area (TPSA) is 55.4 Å². The number of fused-ring (bicyclic) bond motifs is 1. The summed E-state index contributed by atoms with van der Waals surface area (Å²) in [5, 5.41) is 5.14. The van der Waals surface area contributed by atoms with Gasteiger partial charge in [0.1, 0.15) is 11.6 Å². The van der Waals surface area contributed by atoms with E-state index in [4.69, 9.17) is 4.74 Å². The van der Waals surface area contributed by atoms with Crippen LogP contribution in [0.1, 0.15) is 53.0 Å². The van der Waals surface area contributed by atoms with E-state index in [9.17, 15) is 9.59 Å². The van der Waals surface area contributed by atoms with Crippen molar-refractivity contribution in [3.63, 3.8) is 0 Å². The smallest absolute Gasteiger partial charge is 0.329 e. The minimum atomic E-state index is -0.690. The highest BCUT2D eigenvalue weighted by molar-refractivity contribution is 5.86. The number of rotatable bonds is 7. The lowest BCUT2D eigenvalue weighted by Crippen LogP contribution is -2.45. The largest absolute Gasteiger partial charge is 0.458 e. The summed E-state index contributed by atoms with van der Waals surface area (Å²) >= 11 is 0. The van der Waals surface area contributed by atoms with E-state index in [1.54, 1.807) is 0 Å². The summed E-state index contributed by atoms with van der Waals surface area (Å²) in [6.07, 6.45) is 1.62. The molecule has 0 radical (unpaired) electrons. The molecule has 1 amide bonds. The Hall–Kier alpha value is -2.36. The molecule has 2 rings (SSSR count). The van der Waals surface area contributed by atoms with Gasteiger partial charge in [0.15, 0.2) is 0 Å². The molecule has 27 heavy (non-hydrogen) atoms. The van der Waals surface area contributed by atoms with E-state index in [1.165, 1.54) is 0 Å². The van der Waals surface area contributed by atoms with Gasteiger partial charge in [0, 0.05) is 12.8 Å². The van der Waals surface area contributed by atoms with Crippen LogP contribution in [0.5, 0.6) is 0 Å². The van der Waals surface area contributed by atoms with Crippen molar-refractivity contribution in [1.82, 2.24) is 5.32 Å². The molecular weight excluding hydrogens is 338 g/mol. The van der Waals surface area contributed by atoms with Gasteiger partial charge in [-0.3, -0.25) is 4.79 Å². The fourth-order valence-corrected chi connectivity index (χ4v) is 2.85. The maximum absolute atomic E-state index is 12.7. The summed E-state index contributed by atoms with van der Waals surface area (Å²) in [4.78, 5) is 25.0. The first-order valence-electron chi connectivity index (χ1n) is 9.64. The van der Waals surface area contributed by atoms with Crippen LogP contribution in [-0.2, 0) is 20.7 Å². The van der Waals surface area contributed by atoms with Crippen LogP contribution in [0.2, 0.25) is 0 Å². The average Bonchev–Trinajstić information content (AvgIpc) is 2.58. The third-order valence-electron chi connectivity index (χ3n) is 4.23. The fourth-order valence-electron chi connectivity index (χ4n) is 2.85. The predicted octanol–water partition coefficient (Wildman–Crippen LogP) is 4.65. The van der Waals surface area contributed by atoms with Gasteiger partial charge in [-0.1, -0.05) is 56.3 Å². The van der Waals surface area contributed by atoms with Crippen molar-refractivity contribution >= 4 is 22.6 Å². The lowest BCUT2D eigenvalue weighted by molar-refractivity contribution is -0.158. The van der Waals surface area contributed by atoms with E-state index in [2.05, 4.69) is 31.3 Å². The molecule has 0 aliphatic heterocycles. The second-order valence-corrected chi connectivity index (χ2v) is 8.47. The molecule has 0 bridgehead atoms. The van der Waals surface area contributed by atoms with Crippen molar-refractivity contribution in [1.29, 1.82) is 0 Å². The van der Waals surface area contributed by atoms with Gasteiger partial charge in [0.2, 0.25) is 5.91 Å². The van der Waals surface area contributed by atoms with Crippen molar-refractivity contribution < 1.29 is 14.3 Å². The highest BCUT2D eigenvalue weighted by Crippen LogP contribution is 2.18. The van der Waals surface area contributed by atoms with Gasteiger partial charge in [-0.2, -0.15) is 0 Å². The SMILES string of the molecule is CC(C)CCC(=O)NC(Cc1ccc2ccccc2c1)C(=O)OC(C)(C)C. The second kappa shape index (κ2) is 9.03. The minimum absolute atomic E-state index is 0.111. The Morgan fingerprint density at radius 1 is 1.04 bits per heavy atom. The number of benzene rings is 2. The molecule has 1 unspecified atom stereocenters. The quantitative estimate of drug-likeness (QED) is 0.723. The summed E-state index contributed by atoms with van der Waals surface area (Å²) in [7, 11) is 0. The number of hydrogen-bond donors (Lipinski definition) is 1. The van der Waals surface area contributed by atoms with Crippen LogP contribution >= 0.6 is 0 Å². The number of carbonyl (C=O) groups is 2. The standard InChI is InChI=1S/C23H31NO3/c1-16(2)10-13-21(25)24-20(22(26)27-23(3,4)5)15-17-11-12-18-8-6-7-9-19(18)14-17/h6-9,11-12,14,16,20H,10,13,15H2,1-5H3,(H,24,25). The summed E-state index contributed by atoms with van der Waals surface area (Å²) < 4.78 is 5.53. The van der Waals surface area contributed by atoms with Crippen molar-refractivity contribution in [2.45, 2.75) is 65.5 Å². The molecule has 146 valence electrons. The third-order valence-corrected chi connectivity index (χ3v) is 4.23. The Morgan fingerprint density at radius 2 is 1.70 bits per heavy atom. The summed E-state index contributed by atoms with van der Waals surface area (Å²) in [5.74, 6) is -0.0647. The van der Waals surface area contributed by atoms with Crippen LogP contribution in [0, 0.1) is 5.92 Å². The normalized spacial score (nSPS) is 12.8. The Bertz CT molecular complexity index is 790. The van der Waals surface area contributed by atoms with Crippen molar-refractivity contribution in [3.05, 3.63) is 48.0 Å². The maximum atomic E-state index is 12.7. The van der Waals surface area contributed by atoms with E-state index in [-0.39, 0.29) is 5.91 Å². The molecule has 1 atom stereocenters. The molecule has 0 saturated carbocycles. The van der Waals surface area contributed by atoms with E-state index < -0.39 is 17.6 Å². The monoisotopic (exact) mass is 369 g/mol. The molecule has 0 fully saturated rings. The molecule has 0 aliphatic rings. The molecule has 0 aliphatic carbocycles. The number of amides is 1. The van der Waals surface area contributed by atoms with Gasteiger partial charge in [0.25, 0.3) is 0 Å². The Balaban J connectivity index is 2.16. The van der Waals surface area contributed by atoms with Gasteiger partial charge in [-0.05, 0) is 49.4 Å². The molecule has 4 heteroatoms. The molecule has 2 aromatic carbocycles. The maximum Gasteiger partial charge on any atom is 0.329 e. The number of hydrogen-bond acceptors (Lipinski definition) is 3. The van der Waals surface area contributed by atoms with Crippen molar-refractivity contribution in [2.24, 2.45) is 5.92 Å². The first-order chi connectivity index (χ1) is 12.6. The second-order valence-electron chi connectivity index (χ2n) is 8.47. The molecule has 0 saturated heterocycles. The molecule has 0 spiro atoms. The van der Waals surface area contributed by atoms with Crippen molar-refractivity contribution in [2.75, 3.05) is 0 Å². The molecule has 4 nitrogen and oxygen atoms in total. The zero-order valence-electron chi connectivity index (χ0n) is 17.0. The lowest BCUT2D eigenvalue weighted by Gasteiger charge is -2.25. The van der Waals surface area contributed by atoms with E-state index in [0.717, 1.165) is 22.8 Å². The Kier molecular flexibility index (Phi) is 7.00.